The lowest BCUT2D eigenvalue weighted by atomic mass is 10.0. The Morgan fingerprint density at radius 2 is 2.12 bits per heavy atom. The number of carbonyl (C=O) groups is 1. The van der Waals surface area contributed by atoms with Gasteiger partial charge in [0.05, 0.1) is 4.92 Å². The molecule has 1 aromatic carbocycles. The summed E-state index contributed by atoms with van der Waals surface area (Å²) in [5, 5.41) is 28.2. The van der Waals surface area contributed by atoms with Gasteiger partial charge in [0.25, 0.3) is 5.69 Å². The van der Waals surface area contributed by atoms with Crippen molar-refractivity contribution in [1.29, 1.82) is 0 Å². The predicted molar refractivity (Wildman–Crippen MR) is 55.4 cm³/mol. The zero-order valence-electron chi connectivity index (χ0n) is 8.18. The van der Waals surface area contributed by atoms with Gasteiger partial charge in [0.15, 0.2) is 6.10 Å². The van der Waals surface area contributed by atoms with Crippen molar-refractivity contribution in [3.63, 3.8) is 0 Å². The molecule has 2 N–H and O–H groups in total. The van der Waals surface area contributed by atoms with Gasteiger partial charge in [-0.05, 0) is 24.1 Å². The number of halogens is 1. The third kappa shape index (κ3) is 2.29. The highest BCUT2D eigenvalue weighted by Crippen LogP contribution is 2.30. The molecule has 16 heavy (non-hydrogen) atoms. The quantitative estimate of drug-likeness (QED) is 0.623. The molecule has 0 aliphatic heterocycles. The number of aliphatic carboxylic acids is 1. The normalized spacial score (nSPS) is 12.2. The Morgan fingerprint density at radius 3 is 2.56 bits per heavy atom. The molecule has 0 saturated heterocycles. The van der Waals surface area contributed by atoms with Crippen molar-refractivity contribution in [1.82, 2.24) is 0 Å². The van der Waals surface area contributed by atoms with Crippen LogP contribution in [0.2, 0.25) is 5.02 Å². The summed E-state index contributed by atoms with van der Waals surface area (Å²) in [6.45, 7) is 1.46. The summed E-state index contributed by atoms with van der Waals surface area (Å²) in [6, 6.07) is 2.22. The van der Waals surface area contributed by atoms with Crippen molar-refractivity contribution >= 4 is 23.3 Å². The summed E-state index contributed by atoms with van der Waals surface area (Å²) >= 11 is 5.60. The molecule has 7 heteroatoms. The number of aliphatic hydroxyl groups excluding tert-OH is 1. The van der Waals surface area contributed by atoms with Crippen LogP contribution >= 0.6 is 11.6 Å². The van der Waals surface area contributed by atoms with Gasteiger partial charge in [-0.2, -0.15) is 0 Å². The Balaban J connectivity index is 3.31. The summed E-state index contributed by atoms with van der Waals surface area (Å²) in [6.07, 6.45) is -1.74. The van der Waals surface area contributed by atoms with Crippen molar-refractivity contribution in [2.24, 2.45) is 0 Å². The Bertz CT molecular complexity index is 459. The predicted octanol–water partition coefficient (Wildman–Crippen LogP) is 1.67. The largest absolute Gasteiger partial charge is 0.479 e. The lowest BCUT2D eigenvalue weighted by Gasteiger charge is -2.09. The second kappa shape index (κ2) is 4.46. The average Bonchev–Trinajstić information content (AvgIpc) is 2.19. The van der Waals surface area contributed by atoms with Crippen LogP contribution in [0.5, 0.6) is 0 Å². The third-order valence-corrected chi connectivity index (χ3v) is 2.36. The minimum absolute atomic E-state index is 0.0445. The minimum atomic E-state index is -1.74. The van der Waals surface area contributed by atoms with E-state index in [0.717, 1.165) is 12.1 Å². The molecule has 0 aliphatic rings. The summed E-state index contributed by atoms with van der Waals surface area (Å²) in [5.74, 6) is -1.44. The standard InChI is InChI=1S/C9H8ClNO5/c1-4-2-7(11(15)16)6(10)3-5(4)8(12)9(13)14/h2-3,8,12H,1H3,(H,13,14). The molecule has 0 spiro atoms. The Labute approximate surface area is 95.2 Å². The number of benzene rings is 1. The van der Waals surface area contributed by atoms with Gasteiger partial charge in [-0.25, -0.2) is 4.79 Å². The van der Waals surface area contributed by atoms with Crippen LogP contribution < -0.4 is 0 Å². The van der Waals surface area contributed by atoms with E-state index in [9.17, 15) is 20.0 Å². The number of nitro benzene ring substituents is 1. The maximum atomic E-state index is 10.6. The highest BCUT2D eigenvalue weighted by Gasteiger charge is 2.22. The summed E-state index contributed by atoms with van der Waals surface area (Å²) in [4.78, 5) is 20.4. The van der Waals surface area contributed by atoms with Gasteiger partial charge in [-0.15, -0.1) is 0 Å². The first-order valence-corrected chi connectivity index (χ1v) is 4.57. The molecule has 0 radical (unpaired) electrons. The van der Waals surface area contributed by atoms with E-state index < -0.39 is 17.0 Å². The molecule has 0 heterocycles. The third-order valence-electron chi connectivity index (χ3n) is 2.06. The molecule has 0 saturated carbocycles. The van der Waals surface area contributed by atoms with Crippen molar-refractivity contribution in [2.75, 3.05) is 0 Å². The van der Waals surface area contributed by atoms with Gasteiger partial charge in [-0.1, -0.05) is 11.6 Å². The fourth-order valence-corrected chi connectivity index (χ4v) is 1.49. The van der Waals surface area contributed by atoms with Crippen molar-refractivity contribution in [3.05, 3.63) is 38.4 Å². The number of nitrogens with zero attached hydrogens (tertiary/aromatic N) is 1. The topological polar surface area (TPSA) is 101 Å². The lowest BCUT2D eigenvalue weighted by Crippen LogP contribution is -2.12. The lowest BCUT2D eigenvalue weighted by molar-refractivity contribution is -0.384. The number of hydrogen-bond acceptors (Lipinski definition) is 4. The number of aryl methyl sites for hydroxylation is 1. The molecule has 0 aliphatic carbocycles. The average molecular weight is 246 g/mol. The summed E-state index contributed by atoms with van der Waals surface area (Å²) < 4.78 is 0. The second-order valence-electron chi connectivity index (χ2n) is 3.16. The van der Waals surface area contributed by atoms with E-state index in [1.165, 1.54) is 6.92 Å². The van der Waals surface area contributed by atoms with Crippen LogP contribution in [-0.4, -0.2) is 21.1 Å². The van der Waals surface area contributed by atoms with Gasteiger partial charge in [0.1, 0.15) is 5.02 Å². The van der Waals surface area contributed by atoms with E-state index >= 15 is 0 Å². The molecular formula is C9H8ClNO5. The fraction of sp³-hybridized carbons (Fsp3) is 0.222. The number of carboxylic acids is 1. The number of nitro groups is 1. The van der Waals surface area contributed by atoms with Crippen LogP contribution in [0, 0.1) is 17.0 Å². The van der Waals surface area contributed by atoms with Crippen LogP contribution in [0.4, 0.5) is 5.69 Å². The monoisotopic (exact) mass is 245 g/mol. The van der Waals surface area contributed by atoms with Gasteiger partial charge in [0, 0.05) is 6.07 Å². The molecule has 0 amide bonds. The van der Waals surface area contributed by atoms with E-state index in [4.69, 9.17) is 16.7 Å². The molecule has 0 bridgehead atoms. The summed E-state index contributed by atoms with van der Waals surface area (Å²) in [5.41, 5.74) is 0.0228. The van der Waals surface area contributed by atoms with E-state index in [2.05, 4.69) is 0 Å². The molecule has 86 valence electrons. The van der Waals surface area contributed by atoms with E-state index in [-0.39, 0.29) is 16.3 Å². The molecule has 1 aromatic rings. The van der Waals surface area contributed by atoms with Crippen molar-refractivity contribution in [3.8, 4) is 0 Å². The number of carboxylic acid groups (broad SMARTS) is 1. The molecule has 1 atom stereocenters. The minimum Gasteiger partial charge on any atom is -0.479 e. The van der Waals surface area contributed by atoms with Crippen molar-refractivity contribution in [2.45, 2.75) is 13.0 Å². The van der Waals surface area contributed by atoms with E-state index in [1.807, 2.05) is 0 Å². The van der Waals surface area contributed by atoms with Crippen LogP contribution in [-0.2, 0) is 4.79 Å². The Hall–Kier alpha value is -1.66. The maximum absolute atomic E-state index is 10.6. The molecule has 0 aromatic heterocycles. The van der Waals surface area contributed by atoms with Gasteiger partial charge in [0.2, 0.25) is 0 Å². The first-order valence-electron chi connectivity index (χ1n) is 4.20. The van der Waals surface area contributed by atoms with E-state index in [0.29, 0.717) is 5.56 Å². The first-order chi connectivity index (χ1) is 7.34. The van der Waals surface area contributed by atoms with Crippen molar-refractivity contribution < 1.29 is 19.9 Å². The van der Waals surface area contributed by atoms with Crippen LogP contribution in [0.3, 0.4) is 0 Å². The maximum Gasteiger partial charge on any atom is 0.337 e. The SMILES string of the molecule is Cc1cc([N+](=O)[O-])c(Cl)cc1C(O)C(=O)O. The number of aliphatic hydroxyl groups is 1. The van der Waals surface area contributed by atoms with Crippen LogP contribution in [0.25, 0.3) is 0 Å². The Morgan fingerprint density at radius 1 is 1.56 bits per heavy atom. The first kappa shape index (κ1) is 12.4. The van der Waals surface area contributed by atoms with Crippen LogP contribution in [0.1, 0.15) is 17.2 Å². The Kier molecular flexibility index (Phi) is 3.46. The van der Waals surface area contributed by atoms with Crippen LogP contribution in [0.15, 0.2) is 12.1 Å². The van der Waals surface area contributed by atoms with E-state index in [1.54, 1.807) is 0 Å². The highest BCUT2D eigenvalue weighted by atomic mass is 35.5. The molecule has 6 nitrogen and oxygen atoms in total. The van der Waals surface area contributed by atoms with Gasteiger partial charge >= 0.3 is 5.97 Å². The second-order valence-corrected chi connectivity index (χ2v) is 3.57. The fourth-order valence-electron chi connectivity index (χ4n) is 1.25. The zero-order chi connectivity index (χ0) is 12.5. The molecule has 1 rings (SSSR count). The summed E-state index contributed by atoms with van der Waals surface area (Å²) in [7, 11) is 0. The number of rotatable bonds is 3. The molecule has 0 fully saturated rings. The molecule has 1 unspecified atom stereocenters. The van der Waals surface area contributed by atoms with Gasteiger partial charge in [-0.3, -0.25) is 10.1 Å². The zero-order valence-corrected chi connectivity index (χ0v) is 8.93. The highest BCUT2D eigenvalue weighted by molar-refractivity contribution is 6.32. The van der Waals surface area contributed by atoms with Gasteiger partial charge < -0.3 is 10.2 Å². The molecular weight excluding hydrogens is 238 g/mol. The number of hydrogen-bond donors (Lipinski definition) is 2. The smallest absolute Gasteiger partial charge is 0.337 e.